The average molecular weight is 308 g/mol. The fourth-order valence-corrected chi connectivity index (χ4v) is 2.29. The van der Waals surface area contributed by atoms with Crippen molar-refractivity contribution in [2.24, 2.45) is 0 Å². The molecule has 0 unspecified atom stereocenters. The van der Waals surface area contributed by atoms with Gasteiger partial charge in [0.25, 0.3) is 0 Å². The zero-order chi connectivity index (χ0) is 16.7. The molecule has 2 rings (SSSR count). The maximum absolute atomic E-state index is 8.96. The summed E-state index contributed by atoms with van der Waals surface area (Å²) in [6.07, 6.45) is 4.54. The first-order chi connectivity index (χ1) is 11.2. The Bertz CT molecular complexity index is 747. The molecular formula is C18H20N4O. The lowest BCUT2D eigenvalue weighted by molar-refractivity contribution is 0.206. The molecule has 5 nitrogen and oxygen atoms in total. The molecule has 0 atom stereocenters. The van der Waals surface area contributed by atoms with Crippen molar-refractivity contribution in [2.45, 2.75) is 20.3 Å². The fourth-order valence-electron chi connectivity index (χ4n) is 2.29. The summed E-state index contributed by atoms with van der Waals surface area (Å²) in [6, 6.07) is 9.51. The molecule has 0 spiro atoms. The van der Waals surface area contributed by atoms with Gasteiger partial charge >= 0.3 is 0 Å². The van der Waals surface area contributed by atoms with Gasteiger partial charge in [0.05, 0.1) is 18.2 Å². The smallest absolute Gasteiger partial charge is 0.132 e. The second-order valence-corrected chi connectivity index (χ2v) is 5.11. The normalized spacial score (nSPS) is 11.1. The largest absolute Gasteiger partial charge is 0.384 e. The molecule has 0 saturated carbocycles. The Balaban J connectivity index is 2.28. The third kappa shape index (κ3) is 4.63. The maximum atomic E-state index is 8.96. The second kappa shape index (κ2) is 8.06. The highest BCUT2D eigenvalue weighted by molar-refractivity contribution is 5.69. The van der Waals surface area contributed by atoms with Crippen LogP contribution in [0.1, 0.15) is 30.2 Å². The minimum atomic E-state index is 0.560. The first-order valence-electron chi connectivity index (χ1n) is 7.42. The number of hydrogen-bond donors (Lipinski definition) is 1. The van der Waals surface area contributed by atoms with Crippen molar-refractivity contribution in [1.82, 2.24) is 9.97 Å². The number of anilines is 2. The average Bonchev–Trinajstić information content (AvgIpc) is 2.55. The molecule has 0 radical (unpaired) electrons. The molecule has 0 saturated heterocycles. The van der Waals surface area contributed by atoms with Crippen LogP contribution in [0.15, 0.2) is 36.5 Å². The van der Waals surface area contributed by atoms with Crippen LogP contribution in [-0.2, 0) is 4.74 Å². The van der Waals surface area contributed by atoms with E-state index in [1.165, 1.54) is 5.57 Å². The van der Waals surface area contributed by atoms with E-state index in [0.29, 0.717) is 23.8 Å². The Labute approximate surface area is 136 Å². The monoisotopic (exact) mass is 308 g/mol. The van der Waals surface area contributed by atoms with Crippen LogP contribution in [0.4, 0.5) is 11.6 Å². The van der Waals surface area contributed by atoms with Crippen molar-refractivity contribution in [1.29, 1.82) is 5.26 Å². The van der Waals surface area contributed by atoms with Crippen LogP contribution in [0.2, 0.25) is 0 Å². The molecule has 0 aliphatic heterocycles. The summed E-state index contributed by atoms with van der Waals surface area (Å²) in [5, 5.41) is 12.1. The van der Waals surface area contributed by atoms with Crippen molar-refractivity contribution in [2.75, 3.05) is 19.0 Å². The number of hydrogen-bond acceptors (Lipinski definition) is 5. The molecule has 118 valence electrons. The number of methoxy groups -OCH3 is 1. The van der Waals surface area contributed by atoms with Gasteiger partial charge in [-0.3, -0.25) is 0 Å². The number of ether oxygens (including phenoxy) is 1. The number of aryl methyl sites for hydroxylation is 1. The summed E-state index contributed by atoms with van der Waals surface area (Å²) < 4.78 is 5.16. The van der Waals surface area contributed by atoms with Crippen LogP contribution in [0.5, 0.6) is 0 Å². The van der Waals surface area contributed by atoms with Crippen molar-refractivity contribution < 1.29 is 4.74 Å². The molecule has 0 amide bonds. The molecular weight excluding hydrogens is 288 g/mol. The molecule has 5 heteroatoms. The van der Waals surface area contributed by atoms with E-state index < -0.39 is 0 Å². The number of allylic oxidation sites excluding steroid dienone is 1. The minimum absolute atomic E-state index is 0.560. The van der Waals surface area contributed by atoms with E-state index in [2.05, 4.69) is 33.5 Å². The van der Waals surface area contributed by atoms with Crippen molar-refractivity contribution in [3.05, 3.63) is 53.4 Å². The summed E-state index contributed by atoms with van der Waals surface area (Å²) in [5.41, 5.74) is 3.79. The second-order valence-electron chi connectivity index (χ2n) is 5.11. The third-order valence-corrected chi connectivity index (χ3v) is 3.39. The van der Waals surface area contributed by atoms with Gasteiger partial charge in [-0.05, 0) is 55.7 Å². The van der Waals surface area contributed by atoms with Crippen LogP contribution in [-0.4, -0.2) is 23.7 Å². The first kappa shape index (κ1) is 16.7. The Morgan fingerprint density at radius 3 is 2.87 bits per heavy atom. The summed E-state index contributed by atoms with van der Waals surface area (Å²) in [7, 11) is 1.70. The minimum Gasteiger partial charge on any atom is -0.384 e. The summed E-state index contributed by atoms with van der Waals surface area (Å²) in [4.78, 5) is 8.71. The lowest BCUT2D eigenvalue weighted by atomic mass is 10.0. The van der Waals surface area contributed by atoms with Gasteiger partial charge < -0.3 is 10.1 Å². The quantitative estimate of drug-likeness (QED) is 0.878. The SMILES string of the molecule is C/C=C(\CCOC)c1cc(C)nc(Nc2cc(C#N)ccn2)c1. The molecule has 0 fully saturated rings. The molecule has 0 aromatic carbocycles. The molecule has 0 aliphatic rings. The van der Waals surface area contributed by atoms with Crippen LogP contribution >= 0.6 is 0 Å². The van der Waals surface area contributed by atoms with Gasteiger partial charge in [0.2, 0.25) is 0 Å². The number of aromatic nitrogens is 2. The molecule has 2 aromatic heterocycles. The van der Waals surface area contributed by atoms with Gasteiger partial charge in [-0.2, -0.15) is 5.26 Å². The van der Waals surface area contributed by atoms with Crippen molar-refractivity contribution in [3.8, 4) is 6.07 Å². The Hall–Kier alpha value is -2.71. The standard InChI is InChI=1S/C18H20N4O/c1-4-15(6-8-23-3)16-9-13(2)21-18(11-16)22-17-10-14(12-19)5-7-20-17/h4-5,7,9-11H,6,8H2,1-3H3,(H,20,21,22)/b15-4+. The predicted octanol–water partition coefficient (Wildman–Crippen LogP) is 3.84. The molecule has 2 heterocycles. The first-order valence-corrected chi connectivity index (χ1v) is 7.42. The van der Waals surface area contributed by atoms with E-state index in [1.54, 1.807) is 25.4 Å². The number of pyridine rings is 2. The lowest BCUT2D eigenvalue weighted by Gasteiger charge is -2.11. The van der Waals surface area contributed by atoms with Gasteiger partial charge in [-0.15, -0.1) is 0 Å². The van der Waals surface area contributed by atoms with E-state index in [-0.39, 0.29) is 0 Å². The Morgan fingerprint density at radius 2 is 2.17 bits per heavy atom. The number of rotatable bonds is 6. The highest BCUT2D eigenvalue weighted by Gasteiger charge is 2.06. The van der Waals surface area contributed by atoms with E-state index in [4.69, 9.17) is 10.00 Å². The highest BCUT2D eigenvalue weighted by Crippen LogP contribution is 2.23. The van der Waals surface area contributed by atoms with Gasteiger partial charge in [0.15, 0.2) is 0 Å². The number of nitrogens with zero attached hydrogens (tertiary/aromatic N) is 3. The third-order valence-electron chi connectivity index (χ3n) is 3.39. The van der Waals surface area contributed by atoms with Crippen molar-refractivity contribution >= 4 is 17.2 Å². The van der Waals surface area contributed by atoms with Crippen LogP contribution < -0.4 is 5.32 Å². The molecule has 1 N–H and O–H groups in total. The van der Waals surface area contributed by atoms with Crippen LogP contribution in [0.25, 0.3) is 5.57 Å². The predicted molar refractivity (Wildman–Crippen MR) is 91.4 cm³/mol. The topological polar surface area (TPSA) is 70.8 Å². The zero-order valence-electron chi connectivity index (χ0n) is 13.6. The van der Waals surface area contributed by atoms with Gasteiger partial charge in [-0.25, -0.2) is 9.97 Å². The van der Waals surface area contributed by atoms with Gasteiger partial charge in [0.1, 0.15) is 11.6 Å². The van der Waals surface area contributed by atoms with Gasteiger partial charge in [0, 0.05) is 19.0 Å². The zero-order valence-corrected chi connectivity index (χ0v) is 13.6. The summed E-state index contributed by atoms with van der Waals surface area (Å²) >= 11 is 0. The molecule has 23 heavy (non-hydrogen) atoms. The molecule has 0 aliphatic carbocycles. The number of nitrogens with one attached hydrogen (secondary N) is 1. The Morgan fingerprint density at radius 1 is 1.35 bits per heavy atom. The molecule has 2 aromatic rings. The maximum Gasteiger partial charge on any atom is 0.132 e. The number of nitriles is 1. The molecule has 0 bridgehead atoms. The highest BCUT2D eigenvalue weighted by atomic mass is 16.5. The van der Waals surface area contributed by atoms with Gasteiger partial charge in [-0.1, -0.05) is 6.08 Å². The Kier molecular flexibility index (Phi) is 5.84. The van der Waals surface area contributed by atoms with E-state index in [9.17, 15) is 0 Å². The van der Waals surface area contributed by atoms with E-state index >= 15 is 0 Å². The van der Waals surface area contributed by atoms with E-state index in [0.717, 1.165) is 17.7 Å². The van der Waals surface area contributed by atoms with Crippen LogP contribution in [0, 0.1) is 18.3 Å². The summed E-state index contributed by atoms with van der Waals surface area (Å²) in [5.74, 6) is 1.31. The lowest BCUT2D eigenvalue weighted by Crippen LogP contribution is -2.00. The van der Waals surface area contributed by atoms with E-state index in [1.807, 2.05) is 19.9 Å². The van der Waals surface area contributed by atoms with Crippen molar-refractivity contribution in [3.63, 3.8) is 0 Å². The van der Waals surface area contributed by atoms with Crippen LogP contribution in [0.3, 0.4) is 0 Å². The summed E-state index contributed by atoms with van der Waals surface area (Å²) in [6.45, 7) is 4.65. The fraction of sp³-hybridized carbons (Fsp3) is 0.278.